The number of benzene rings is 1. The summed E-state index contributed by atoms with van der Waals surface area (Å²) in [7, 11) is 0. The number of hydrogen-bond donors (Lipinski definition) is 2. The number of aliphatic hydroxyl groups excluding tert-OH is 1. The van der Waals surface area contributed by atoms with Crippen molar-refractivity contribution < 1.29 is 24.4 Å². The molecule has 1 rings (SSSR count). The lowest BCUT2D eigenvalue weighted by atomic mass is 10.0. The third-order valence-electron chi connectivity index (χ3n) is 2.92. The molecule has 1 amide bonds. The minimum Gasteiger partial charge on any atom is -0.464 e. The average molecular weight is 310 g/mol. The van der Waals surface area contributed by atoms with Crippen LogP contribution in [0, 0.1) is 10.1 Å². The van der Waals surface area contributed by atoms with E-state index in [1.807, 2.05) is 0 Å². The maximum Gasteiger partial charge on any atom is 0.331 e. The number of amides is 1. The molecule has 0 unspecified atom stereocenters. The summed E-state index contributed by atoms with van der Waals surface area (Å²) in [5, 5.41) is 23.4. The predicted octanol–water partition coefficient (Wildman–Crippen LogP) is 1.09. The maximum atomic E-state index is 11.9. The Labute approximate surface area is 127 Å². The second-order valence-corrected chi connectivity index (χ2v) is 4.45. The molecule has 1 aromatic carbocycles. The minimum atomic E-state index is -1.45. The number of esters is 1. The van der Waals surface area contributed by atoms with Crippen LogP contribution in [-0.2, 0) is 14.3 Å². The van der Waals surface area contributed by atoms with Gasteiger partial charge in [-0.1, -0.05) is 19.1 Å². The summed E-state index contributed by atoms with van der Waals surface area (Å²) in [6.45, 7) is 3.27. The van der Waals surface area contributed by atoms with Crippen molar-refractivity contribution in [1.82, 2.24) is 5.32 Å². The van der Waals surface area contributed by atoms with E-state index in [4.69, 9.17) is 4.74 Å². The lowest BCUT2D eigenvalue weighted by molar-refractivity contribution is -0.385. The van der Waals surface area contributed by atoms with E-state index in [1.165, 1.54) is 18.2 Å². The van der Waals surface area contributed by atoms with Crippen LogP contribution in [0.4, 0.5) is 5.69 Å². The van der Waals surface area contributed by atoms with Gasteiger partial charge in [0.15, 0.2) is 6.04 Å². The number of carbonyl (C=O) groups excluding carboxylic acids is 2. The van der Waals surface area contributed by atoms with Gasteiger partial charge >= 0.3 is 5.97 Å². The summed E-state index contributed by atoms with van der Waals surface area (Å²) in [5.41, 5.74) is -0.0790. The molecule has 0 spiro atoms. The Kier molecular flexibility index (Phi) is 6.46. The third kappa shape index (κ3) is 4.52. The molecule has 0 heterocycles. The monoisotopic (exact) mass is 310 g/mol. The Hall–Kier alpha value is -2.48. The highest BCUT2D eigenvalue weighted by molar-refractivity contribution is 5.85. The molecule has 0 bridgehead atoms. The molecule has 0 saturated carbocycles. The number of aliphatic hydroxyl groups is 1. The zero-order valence-corrected chi connectivity index (χ0v) is 12.3. The number of non-ortho nitro benzene ring substituents is 1. The van der Waals surface area contributed by atoms with Gasteiger partial charge in [-0.15, -0.1) is 0 Å². The molecule has 0 aliphatic rings. The Bertz CT molecular complexity index is 560. The van der Waals surface area contributed by atoms with Crippen molar-refractivity contribution >= 4 is 17.6 Å². The SMILES string of the molecule is CCOC(=O)[C@@H](NC(=O)CC)[C@@H](O)c1cccc([N+](=O)[O-])c1. The van der Waals surface area contributed by atoms with E-state index in [9.17, 15) is 24.8 Å². The smallest absolute Gasteiger partial charge is 0.331 e. The van der Waals surface area contributed by atoms with Crippen molar-refractivity contribution in [2.45, 2.75) is 32.4 Å². The summed E-state index contributed by atoms with van der Waals surface area (Å²) in [5.74, 6) is -1.24. The van der Waals surface area contributed by atoms with Crippen LogP contribution in [-0.4, -0.2) is 34.6 Å². The summed E-state index contributed by atoms with van der Waals surface area (Å²) in [6.07, 6.45) is -1.33. The van der Waals surface area contributed by atoms with Crippen LogP contribution in [0.25, 0.3) is 0 Å². The highest BCUT2D eigenvalue weighted by Gasteiger charge is 2.31. The summed E-state index contributed by atoms with van der Waals surface area (Å²) in [6, 6.07) is 3.91. The first-order valence-electron chi connectivity index (χ1n) is 6.79. The number of rotatable bonds is 7. The van der Waals surface area contributed by atoms with Gasteiger partial charge in [0, 0.05) is 18.6 Å². The largest absolute Gasteiger partial charge is 0.464 e. The number of ether oxygens (including phenoxy) is 1. The van der Waals surface area contributed by atoms with Crippen molar-refractivity contribution in [3.8, 4) is 0 Å². The van der Waals surface area contributed by atoms with E-state index in [2.05, 4.69) is 5.32 Å². The van der Waals surface area contributed by atoms with Crippen LogP contribution >= 0.6 is 0 Å². The minimum absolute atomic E-state index is 0.0823. The molecule has 0 fully saturated rings. The van der Waals surface area contributed by atoms with Gasteiger partial charge < -0.3 is 15.2 Å². The number of nitrogens with zero attached hydrogens (tertiary/aromatic N) is 1. The standard InChI is InChI=1S/C14H18N2O6/c1-3-11(17)15-12(14(19)22-4-2)13(18)9-6-5-7-10(8-9)16(20)21/h5-8,12-13,18H,3-4H2,1-2H3,(H,15,17)/t12-,13-/m0/s1. The van der Waals surface area contributed by atoms with E-state index in [0.29, 0.717) is 0 Å². The number of nitrogens with one attached hydrogen (secondary N) is 1. The van der Waals surface area contributed by atoms with E-state index < -0.39 is 28.9 Å². The first kappa shape index (κ1) is 17.6. The topological polar surface area (TPSA) is 119 Å². The Balaban J connectivity index is 3.06. The number of nitro benzene ring substituents is 1. The first-order valence-corrected chi connectivity index (χ1v) is 6.79. The molecule has 1 aromatic rings. The zero-order chi connectivity index (χ0) is 16.7. The molecule has 0 radical (unpaired) electrons. The van der Waals surface area contributed by atoms with E-state index in [1.54, 1.807) is 13.8 Å². The Morgan fingerprint density at radius 2 is 2.09 bits per heavy atom. The number of carbonyl (C=O) groups is 2. The fourth-order valence-corrected chi connectivity index (χ4v) is 1.79. The molecule has 2 atom stereocenters. The Morgan fingerprint density at radius 3 is 2.64 bits per heavy atom. The number of nitro groups is 1. The van der Waals surface area contributed by atoms with Gasteiger partial charge in [-0.05, 0) is 12.5 Å². The molecular weight excluding hydrogens is 292 g/mol. The molecule has 8 nitrogen and oxygen atoms in total. The highest BCUT2D eigenvalue weighted by atomic mass is 16.6. The van der Waals surface area contributed by atoms with Crippen LogP contribution in [0.2, 0.25) is 0 Å². The normalized spacial score (nSPS) is 13.0. The molecule has 8 heteroatoms. The molecule has 0 aliphatic carbocycles. The molecule has 0 saturated heterocycles. The van der Waals surface area contributed by atoms with Crippen molar-refractivity contribution in [2.75, 3.05) is 6.61 Å². The second kappa shape index (κ2) is 8.08. The van der Waals surface area contributed by atoms with Gasteiger partial charge in [0.05, 0.1) is 11.5 Å². The molecule has 2 N–H and O–H groups in total. The molecule has 0 aromatic heterocycles. The van der Waals surface area contributed by atoms with Crippen LogP contribution in [0.1, 0.15) is 31.9 Å². The first-order chi connectivity index (χ1) is 10.4. The second-order valence-electron chi connectivity index (χ2n) is 4.45. The molecule has 0 aliphatic heterocycles. The summed E-state index contributed by atoms with van der Waals surface area (Å²) in [4.78, 5) is 33.6. The van der Waals surface area contributed by atoms with Crippen molar-refractivity contribution in [3.05, 3.63) is 39.9 Å². The van der Waals surface area contributed by atoms with E-state index >= 15 is 0 Å². The lowest BCUT2D eigenvalue weighted by Gasteiger charge is -2.22. The van der Waals surface area contributed by atoms with Crippen LogP contribution in [0.5, 0.6) is 0 Å². The quantitative estimate of drug-likeness (QED) is 0.442. The Morgan fingerprint density at radius 1 is 1.41 bits per heavy atom. The van der Waals surface area contributed by atoms with E-state index in [0.717, 1.165) is 6.07 Å². The fourth-order valence-electron chi connectivity index (χ4n) is 1.79. The van der Waals surface area contributed by atoms with Gasteiger partial charge in [0.25, 0.3) is 5.69 Å². The van der Waals surface area contributed by atoms with Crippen LogP contribution < -0.4 is 5.32 Å². The maximum absolute atomic E-state index is 11.9. The number of hydrogen-bond acceptors (Lipinski definition) is 6. The van der Waals surface area contributed by atoms with Crippen molar-refractivity contribution in [3.63, 3.8) is 0 Å². The molecular formula is C14H18N2O6. The van der Waals surface area contributed by atoms with Gasteiger partial charge in [-0.2, -0.15) is 0 Å². The van der Waals surface area contributed by atoms with Crippen LogP contribution in [0.15, 0.2) is 24.3 Å². The van der Waals surface area contributed by atoms with Gasteiger partial charge in [-0.25, -0.2) is 4.79 Å². The highest BCUT2D eigenvalue weighted by Crippen LogP contribution is 2.22. The summed E-state index contributed by atoms with van der Waals surface area (Å²) < 4.78 is 4.82. The average Bonchev–Trinajstić information content (AvgIpc) is 2.51. The molecule has 120 valence electrons. The zero-order valence-electron chi connectivity index (χ0n) is 12.3. The predicted molar refractivity (Wildman–Crippen MR) is 76.9 cm³/mol. The van der Waals surface area contributed by atoms with E-state index in [-0.39, 0.29) is 24.3 Å². The van der Waals surface area contributed by atoms with Crippen LogP contribution in [0.3, 0.4) is 0 Å². The van der Waals surface area contributed by atoms with Gasteiger partial charge in [0.2, 0.25) is 5.91 Å². The third-order valence-corrected chi connectivity index (χ3v) is 2.92. The van der Waals surface area contributed by atoms with Gasteiger partial charge in [0.1, 0.15) is 6.10 Å². The lowest BCUT2D eigenvalue weighted by Crippen LogP contribution is -2.45. The molecule has 22 heavy (non-hydrogen) atoms. The summed E-state index contributed by atoms with van der Waals surface area (Å²) >= 11 is 0. The van der Waals surface area contributed by atoms with Crippen molar-refractivity contribution in [2.24, 2.45) is 0 Å². The fraction of sp³-hybridized carbons (Fsp3) is 0.429. The van der Waals surface area contributed by atoms with Crippen molar-refractivity contribution in [1.29, 1.82) is 0 Å². The van der Waals surface area contributed by atoms with Gasteiger partial charge in [-0.3, -0.25) is 14.9 Å².